The van der Waals surface area contributed by atoms with Gasteiger partial charge in [0.2, 0.25) is 0 Å². The molecule has 0 saturated carbocycles. The zero-order chi connectivity index (χ0) is 17.1. The summed E-state index contributed by atoms with van der Waals surface area (Å²) in [6.07, 6.45) is 3.80. The highest BCUT2D eigenvalue weighted by Gasteiger charge is 2.25. The fourth-order valence-corrected chi connectivity index (χ4v) is 4.10. The Balaban J connectivity index is 1.42. The van der Waals surface area contributed by atoms with E-state index in [2.05, 4.69) is 9.80 Å². The van der Waals surface area contributed by atoms with E-state index < -0.39 is 0 Å². The van der Waals surface area contributed by atoms with E-state index in [1.54, 1.807) is 4.57 Å². The summed E-state index contributed by atoms with van der Waals surface area (Å²) in [7, 11) is 0. The summed E-state index contributed by atoms with van der Waals surface area (Å²) in [6, 6.07) is 8.26. The number of fused-ring (bicyclic) bond motifs is 1. The molecule has 0 bridgehead atoms. The van der Waals surface area contributed by atoms with Gasteiger partial charge >= 0.3 is 5.76 Å². The van der Waals surface area contributed by atoms with Crippen molar-refractivity contribution in [1.29, 1.82) is 0 Å². The Bertz CT molecular complexity index is 748. The molecule has 2 aliphatic rings. The number of aromatic nitrogens is 1. The molecule has 6 heteroatoms. The van der Waals surface area contributed by atoms with Crippen LogP contribution in [0.3, 0.4) is 0 Å². The first-order valence-electron chi connectivity index (χ1n) is 9.44. The van der Waals surface area contributed by atoms with Gasteiger partial charge in [-0.2, -0.15) is 0 Å². The first kappa shape index (κ1) is 16.8. The van der Waals surface area contributed by atoms with Crippen molar-refractivity contribution in [3.05, 3.63) is 34.8 Å². The minimum atomic E-state index is -0.247. The van der Waals surface area contributed by atoms with E-state index in [1.807, 2.05) is 24.3 Å². The minimum Gasteiger partial charge on any atom is -0.408 e. The van der Waals surface area contributed by atoms with Crippen LogP contribution in [0.1, 0.15) is 19.3 Å². The molecule has 1 atom stereocenters. The van der Waals surface area contributed by atoms with Crippen molar-refractivity contribution in [2.75, 3.05) is 45.9 Å². The first-order valence-corrected chi connectivity index (χ1v) is 9.44. The maximum atomic E-state index is 12.2. The fourth-order valence-electron chi connectivity index (χ4n) is 4.10. The molecular weight excluding hydrogens is 318 g/mol. The van der Waals surface area contributed by atoms with Crippen molar-refractivity contribution in [1.82, 2.24) is 14.4 Å². The average Bonchev–Trinajstić information content (AvgIpc) is 2.97. The van der Waals surface area contributed by atoms with E-state index in [0.717, 1.165) is 51.5 Å². The summed E-state index contributed by atoms with van der Waals surface area (Å²) < 4.78 is 12.6. The van der Waals surface area contributed by atoms with E-state index in [-0.39, 0.29) is 5.76 Å². The molecule has 25 heavy (non-hydrogen) atoms. The Morgan fingerprint density at radius 2 is 1.88 bits per heavy atom. The van der Waals surface area contributed by atoms with Crippen molar-refractivity contribution in [2.24, 2.45) is 0 Å². The van der Waals surface area contributed by atoms with Gasteiger partial charge < -0.3 is 9.15 Å². The van der Waals surface area contributed by atoms with Crippen molar-refractivity contribution < 1.29 is 9.15 Å². The number of hydrogen-bond acceptors (Lipinski definition) is 5. The van der Waals surface area contributed by atoms with Crippen LogP contribution in [0.2, 0.25) is 0 Å². The van der Waals surface area contributed by atoms with Crippen LogP contribution in [0.4, 0.5) is 0 Å². The van der Waals surface area contributed by atoms with Crippen LogP contribution in [0.5, 0.6) is 0 Å². The predicted molar refractivity (Wildman–Crippen MR) is 96.9 cm³/mol. The summed E-state index contributed by atoms with van der Waals surface area (Å²) in [4.78, 5) is 17.2. The largest absolute Gasteiger partial charge is 0.419 e. The van der Waals surface area contributed by atoms with Crippen LogP contribution in [-0.2, 0) is 11.3 Å². The smallest absolute Gasteiger partial charge is 0.408 e. The highest BCUT2D eigenvalue weighted by Crippen LogP contribution is 2.19. The summed E-state index contributed by atoms with van der Waals surface area (Å²) in [5, 5.41) is 0. The SMILES string of the molecule is O=c1oc2ccccc2n1CCN1CCCC[C@@H]1CN1CCOCC1. The summed E-state index contributed by atoms with van der Waals surface area (Å²) >= 11 is 0. The van der Waals surface area contributed by atoms with Gasteiger partial charge in [-0.25, -0.2) is 4.79 Å². The number of likely N-dealkylation sites (tertiary alicyclic amines) is 1. The van der Waals surface area contributed by atoms with Gasteiger partial charge in [-0.3, -0.25) is 14.4 Å². The van der Waals surface area contributed by atoms with Crippen molar-refractivity contribution >= 4 is 11.1 Å². The van der Waals surface area contributed by atoms with Gasteiger partial charge in [-0.15, -0.1) is 0 Å². The minimum absolute atomic E-state index is 0.247. The van der Waals surface area contributed by atoms with E-state index in [4.69, 9.17) is 9.15 Å². The van der Waals surface area contributed by atoms with E-state index >= 15 is 0 Å². The van der Waals surface area contributed by atoms with Crippen LogP contribution in [0.25, 0.3) is 11.1 Å². The number of benzene rings is 1. The summed E-state index contributed by atoms with van der Waals surface area (Å²) in [5.74, 6) is -0.247. The van der Waals surface area contributed by atoms with Crippen LogP contribution < -0.4 is 5.76 Å². The Morgan fingerprint density at radius 3 is 2.76 bits per heavy atom. The lowest BCUT2D eigenvalue weighted by molar-refractivity contribution is 0.0162. The van der Waals surface area contributed by atoms with E-state index in [9.17, 15) is 4.79 Å². The summed E-state index contributed by atoms with van der Waals surface area (Å²) in [5.41, 5.74) is 1.57. The molecule has 0 radical (unpaired) electrons. The van der Waals surface area contributed by atoms with Crippen molar-refractivity contribution in [3.8, 4) is 0 Å². The lowest BCUT2D eigenvalue weighted by Crippen LogP contribution is -2.50. The third-order valence-electron chi connectivity index (χ3n) is 5.51. The first-order chi connectivity index (χ1) is 12.3. The third-order valence-corrected chi connectivity index (χ3v) is 5.51. The zero-order valence-electron chi connectivity index (χ0n) is 14.7. The highest BCUT2D eigenvalue weighted by molar-refractivity contribution is 5.72. The number of oxazole rings is 1. The number of rotatable bonds is 5. The summed E-state index contributed by atoms with van der Waals surface area (Å²) in [6.45, 7) is 7.61. The topological polar surface area (TPSA) is 50.9 Å². The van der Waals surface area contributed by atoms with Crippen LogP contribution in [0.15, 0.2) is 33.5 Å². The van der Waals surface area contributed by atoms with Gasteiger partial charge in [0.15, 0.2) is 5.58 Å². The molecule has 4 rings (SSSR count). The molecule has 2 aliphatic heterocycles. The average molecular weight is 345 g/mol. The maximum absolute atomic E-state index is 12.2. The van der Waals surface area contributed by atoms with Crippen LogP contribution in [-0.4, -0.2) is 66.3 Å². The number of morpholine rings is 1. The van der Waals surface area contributed by atoms with Gasteiger partial charge in [-0.1, -0.05) is 18.6 Å². The Kier molecular flexibility index (Phi) is 5.20. The monoisotopic (exact) mass is 345 g/mol. The molecule has 6 nitrogen and oxygen atoms in total. The molecule has 136 valence electrons. The fraction of sp³-hybridized carbons (Fsp3) is 0.632. The quantitative estimate of drug-likeness (QED) is 0.827. The Hall–Kier alpha value is -1.63. The van der Waals surface area contributed by atoms with Crippen molar-refractivity contribution in [2.45, 2.75) is 31.8 Å². The molecule has 0 spiro atoms. The highest BCUT2D eigenvalue weighted by atomic mass is 16.5. The molecule has 1 aromatic heterocycles. The molecule has 0 amide bonds. The lowest BCUT2D eigenvalue weighted by atomic mass is 10.0. The van der Waals surface area contributed by atoms with Gasteiger partial charge in [0, 0.05) is 38.8 Å². The lowest BCUT2D eigenvalue weighted by Gasteiger charge is -2.39. The molecule has 0 unspecified atom stereocenters. The molecule has 1 aromatic carbocycles. The van der Waals surface area contributed by atoms with Crippen LogP contribution >= 0.6 is 0 Å². The second-order valence-corrected chi connectivity index (χ2v) is 7.09. The van der Waals surface area contributed by atoms with Gasteiger partial charge in [0.05, 0.1) is 18.7 Å². The predicted octanol–water partition coefficient (Wildman–Crippen LogP) is 1.78. The molecule has 0 N–H and O–H groups in total. The van der Waals surface area contributed by atoms with Gasteiger partial charge in [-0.05, 0) is 31.5 Å². The van der Waals surface area contributed by atoms with Crippen LogP contribution in [0, 0.1) is 0 Å². The number of hydrogen-bond donors (Lipinski definition) is 0. The zero-order valence-corrected chi connectivity index (χ0v) is 14.7. The van der Waals surface area contributed by atoms with E-state index in [1.165, 1.54) is 19.3 Å². The van der Waals surface area contributed by atoms with Crippen molar-refractivity contribution in [3.63, 3.8) is 0 Å². The molecular formula is C19H27N3O3. The van der Waals surface area contributed by atoms with Gasteiger partial charge in [0.25, 0.3) is 0 Å². The molecule has 2 saturated heterocycles. The maximum Gasteiger partial charge on any atom is 0.419 e. The second kappa shape index (κ2) is 7.72. The molecule has 0 aliphatic carbocycles. The second-order valence-electron chi connectivity index (χ2n) is 7.09. The third kappa shape index (κ3) is 3.81. The normalized spacial score (nSPS) is 23.3. The Morgan fingerprint density at radius 1 is 1.04 bits per heavy atom. The molecule has 2 aromatic rings. The number of para-hydroxylation sites is 2. The number of ether oxygens (including phenoxy) is 1. The number of nitrogens with zero attached hydrogens (tertiary/aromatic N) is 3. The number of piperidine rings is 1. The molecule has 2 fully saturated rings. The van der Waals surface area contributed by atoms with E-state index in [0.29, 0.717) is 18.2 Å². The van der Waals surface area contributed by atoms with Gasteiger partial charge in [0.1, 0.15) is 0 Å². The standard InChI is InChI=1S/C19H27N3O3/c23-19-22(17-6-1-2-7-18(17)25-19)10-9-21-8-4-3-5-16(21)15-20-11-13-24-14-12-20/h1-2,6-7,16H,3-5,8-15H2/t16-/m1/s1. The molecule has 3 heterocycles. The Labute approximate surface area is 147 Å².